The summed E-state index contributed by atoms with van der Waals surface area (Å²) < 4.78 is 39.7. The second-order valence-corrected chi connectivity index (χ2v) is 7.27. The third-order valence-corrected chi connectivity index (χ3v) is 5.14. The first-order valence-corrected chi connectivity index (χ1v) is 10.1. The number of piperazine rings is 1. The standard InChI is InChI=1S/C22H19F3N6O2/c23-22(24,25)16-6-2-1-5-15(16)21(33)31-13-11-30(12-14-31)19-9-8-17(28-29-19)20(32)27-18-7-3-4-10-26-18/h1-10H,11-14H2,(H,26,27,32). The molecular weight excluding hydrogens is 437 g/mol. The fraction of sp³-hybridized carbons (Fsp3) is 0.227. The van der Waals surface area contributed by atoms with Crippen molar-refractivity contribution in [1.29, 1.82) is 0 Å². The van der Waals surface area contributed by atoms with Gasteiger partial charge in [0.25, 0.3) is 11.8 Å². The highest BCUT2D eigenvalue weighted by molar-refractivity contribution is 6.02. The maximum absolute atomic E-state index is 13.2. The molecule has 8 nitrogen and oxygen atoms in total. The average Bonchev–Trinajstić information content (AvgIpc) is 2.84. The van der Waals surface area contributed by atoms with Gasteiger partial charge in [0.1, 0.15) is 5.82 Å². The molecule has 1 aromatic carbocycles. The normalized spacial score (nSPS) is 14.2. The number of hydrogen-bond donors (Lipinski definition) is 1. The van der Waals surface area contributed by atoms with Gasteiger partial charge >= 0.3 is 6.18 Å². The van der Waals surface area contributed by atoms with Gasteiger partial charge in [0.2, 0.25) is 0 Å². The van der Waals surface area contributed by atoms with E-state index in [1.165, 1.54) is 29.2 Å². The van der Waals surface area contributed by atoms with E-state index in [4.69, 9.17) is 0 Å². The van der Waals surface area contributed by atoms with E-state index < -0.39 is 23.6 Å². The first kappa shape index (κ1) is 22.2. The second-order valence-electron chi connectivity index (χ2n) is 7.27. The van der Waals surface area contributed by atoms with Crippen molar-refractivity contribution in [3.8, 4) is 0 Å². The van der Waals surface area contributed by atoms with Crippen molar-refractivity contribution < 1.29 is 22.8 Å². The summed E-state index contributed by atoms with van der Waals surface area (Å²) in [4.78, 5) is 32.2. The van der Waals surface area contributed by atoms with Crippen molar-refractivity contribution in [2.24, 2.45) is 0 Å². The molecule has 3 aromatic rings. The monoisotopic (exact) mass is 456 g/mol. The van der Waals surface area contributed by atoms with E-state index in [9.17, 15) is 22.8 Å². The Morgan fingerprint density at radius 3 is 2.24 bits per heavy atom. The zero-order valence-corrected chi connectivity index (χ0v) is 17.3. The predicted octanol–water partition coefficient (Wildman–Crippen LogP) is 3.11. The van der Waals surface area contributed by atoms with E-state index in [0.29, 0.717) is 24.7 Å². The number of halogens is 3. The van der Waals surface area contributed by atoms with E-state index in [2.05, 4.69) is 20.5 Å². The van der Waals surface area contributed by atoms with Crippen LogP contribution in [-0.4, -0.2) is 58.1 Å². The molecule has 1 fully saturated rings. The lowest BCUT2D eigenvalue weighted by atomic mass is 10.1. The van der Waals surface area contributed by atoms with Crippen LogP contribution < -0.4 is 10.2 Å². The zero-order chi connectivity index (χ0) is 23.4. The molecule has 0 saturated carbocycles. The molecule has 1 aliphatic rings. The van der Waals surface area contributed by atoms with Crippen LogP contribution in [-0.2, 0) is 6.18 Å². The highest BCUT2D eigenvalue weighted by atomic mass is 19.4. The Morgan fingerprint density at radius 2 is 1.61 bits per heavy atom. The first-order chi connectivity index (χ1) is 15.8. The molecule has 0 unspecified atom stereocenters. The summed E-state index contributed by atoms with van der Waals surface area (Å²) in [6.45, 7) is 1.20. The molecule has 0 aliphatic carbocycles. The van der Waals surface area contributed by atoms with Gasteiger partial charge in [-0.25, -0.2) is 4.98 Å². The molecule has 0 atom stereocenters. The second kappa shape index (κ2) is 9.23. The minimum Gasteiger partial charge on any atom is -0.352 e. The predicted molar refractivity (Wildman–Crippen MR) is 114 cm³/mol. The number of anilines is 2. The summed E-state index contributed by atoms with van der Waals surface area (Å²) in [6.07, 6.45) is -3.05. The molecule has 0 bridgehead atoms. The smallest absolute Gasteiger partial charge is 0.352 e. The summed E-state index contributed by atoms with van der Waals surface area (Å²) in [7, 11) is 0. The van der Waals surface area contributed by atoms with Crippen LogP contribution in [0, 0.1) is 0 Å². The minimum absolute atomic E-state index is 0.113. The van der Waals surface area contributed by atoms with Crippen molar-refractivity contribution in [1.82, 2.24) is 20.1 Å². The summed E-state index contributed by atoms with van der Waals surface area (Å²) in [5.74, 6) is -0.213. The average molecular weight is 456 g/mol. The van der Waals surface area contributed by atoms with Crippen molar-refractivity contribution in [3.05, 3.63) is 77.6 Å². The first-order valence-electron chi connectivity index (χ1n) is 10.1. The Morgan fingerprint density at radius 1 is 0.879 bits per heavy atom. The van der Waals surface area contributed by atoms with Gasteiger partial charge in [-0.05, 0) is 36.4 Å². The zero-order valence-electron chi connectivity index (χ0n) is 17.3. The molecule has 1 N–H and O–H groups in total. The summed E-state index contributed by atoms with van der Waals surface area (Å²) in [5.41, 5.74) is -1.19. The van der Waals surface area contributed by atoms with E-state index in [1.807, 2.05) is 4.90 Å². The Bertz CT molecular complexity index is 1130. The van der Waals surface area contributed by atoms with Crippen molar-refractivity contribution in [2.45, 2.75) is 6.18 Å². The Kier molecular flexibility index (Phi) is 6.20. The van der Waals surface area contributed by atoms with Gasteiger partial charge in [0.15, 0.2) is 11.5 Å². The molecule has 2 aromatic heterocycles. The summed E-state index contributed by atoms with van der Waals surface area (Å²) in [5, 5.41) is 10.7. The number of pyridine rings is 1. The van der Waals surface area contributed by atoms with Gasteiger partial charge in [-0.2, -0.15) is 13.2 Å². The number of rotatable bonds is 4. The highest BCUT2D eigenvalue weighted by Gasteiger charge is 2.36. The van der Waals surface area contributed by atoms with Gasteiger partial charge in [-0.15, -0.1) is 10.2 Å². The van der Waals surface area contributed by atoms with Gasteiger partial charge < -0.3 is 15.1 Å². The van der Waals surface area contributed by atoms with Crippen molar-refractivity contribution >= 4 is 23.5 Å². The number of nitrogens with zero attached hydrogens (tertiary/aromatic N) is 5. The van der Waals surface area contributed by atoms with Crippen LogP contribution in [0.5, 0.6) is 0 Å². The van der Waals surface area contributed by atoms with Crippen LogP contribution in [0.1, 0.15) is 26.4 Å². The molecular formula is C22H19F3N6O2. The molecule has 33 heavy (non-hydrogen) atoms. The number of amides is 2. The van der Waals surface area contributed by atoms with Crippen LogP contribution >= 0.6 is 0 Å². The Balaban J connectivity index is 1.37. The third kappa shape index (κ3) is 5.08. The lowest BCUT2D eigenvalue weighted by molar-refractivity contribution is -0.138. The lowest BCUT2D eigenvalue weighted by Gasteiger charge is -2.35. The van der Waals surface area contributed by atoms with Crippen molar-refractivity contribution in [2.75, 3.05) is 36.4 Å². The van der Waals surface area contributed by atoms with Gasteiger partial charge in [0, 0.05) is 32.4 Å². The molecule has 3 heterocycles. The van der Waals surface area contributed by atoms with Gasteiger partial charge in [0.05, 0.1) is 11.1 Å². The van der Waals surface area contributed by atoms with Gasteiger partial charge in [-0.1, -0.05) is 18.2 Å². The van der Waals surface area contributed by atoms with E-state index >= 15 is 0 Å². The topological polar surface area (TPSA) is 91.3 Å². The van der Waals surface area contributed by atoms with E-state index in [-0.39, 0.29) is 24.3 Å². The number of alkyl halides is 3. The Labute approximate surface area is 187 Å². The number of hydrogen-bond acceptors (Lipinski definition) is 6. The SMILES string of the molecule is O=C(Nc1ccccn1)c1ccc(N2CCN(C(=O)c3ccccc3C(F)(F)F)CC2)nn1. The third-order valence-electron chi connectivity index (χ3n) is 5.14. The molecule has 4 rings (SSSR count). The largest absolute Gasteiger partial charge is 0.417 e. The molecule has 1 saturated heterocycles. The number of benzene rings is 1. The van der Waals surface area contributed by atoms with Crippen LogP contribution in [0.15, 0.2) is 60.8 Å². The molecule has 11 heteroatoms. The molecule has 170 valence electrons. The summed E-state index contributed by atoms with van der Waals surface area (Å²) >= 11 is 0. The lowest BCUT2D eigenvalue weighted by Crippen LogP contribution is -2.49. The number of aromatic nitrogens is 3. The maximum atomic E-state index is 13.2. The van der Waals surface area contributed by atoms with Crippen LogP contribution in [0.2, 0.25) is 0 Å². The molecule has 1 aliphatic heterocycles. The van der Waals surface area contributed by atoms with E-state index in [0.717, 1.165) is 6.07 Å². The fourth-order valence-corrected chi connectivity index (χ4v) is 3.46. The number of nitrogens with one attached hydrogen (secondary N) is 1. The Hall–Kier alpha value is -4.02. The van der Waals surface area contributed by atoms with Gasteiger partial charge in [-0.3, -0.25) is 9.59 Å². The quantitative estimate of drug-likeness (QED) is 0.649. The fourth-order valence-electron chi connectivity index (χ4n) is 3.46. The maximum Gasteiger partial charge on any atom is 0.417 e. The van der Waals surface area contributed by atoms with Crippen LogP contribution in [0.4, 0.5) is 24.8 Å². The highest BCUT2D eigenvalue weighted by Crippen LogP contribution is 2.32. The van der Waals surface area contributed by atoms with Crippen LogP contribution in [0.25, 0.3) is 0 Å². The summed E-state index contributed by atoms with van der Waals surface area (Å²) in [6, 6.07) is 13.1. The molecule has 0 spiro atoms. The number of carbonyl (C=O) groups excluding carboxylic acids is 2. The van der Waals surface area contributed by atoms with Crippen molar-refractivity contribution in [3.63, 3.8) is 0 Å². The molecule has 0 radical (unpaired) electrons. The van der Waals surface area contributed by atoms with Crippen LogP contribution in [0.3, 0.4) is 0 Å². The minimum atomic E-state index is -4.60. The molecule has 2 amide bonds. The van der Waals surface area contributed by atoms with E-state index in [1.54, 1.807) is 30.5 Å². The number of carbonyl (C=O) groups is 2.